The van der Waals surface area contributed by atoms with Crippen LogP contribution >= 0.6 is 31.9 Å². The molecule has 3 rings (SSSR count). The number of methoxy groups -OCH3 is 1. The van der Waals surface area contributed by atoms with Crippen molar-refractivity contribution < 1.29 is 14.6 Å². The van der Waals surface area contributed by atoms with Gasteiger partial charge in [0, 0.05) is 29.8 Å². The molecule has 7 heteroatoms. The van der Waals surface area contributed by atoms with Crippen LogP contribution < -0.4 is 4.74 Å². The van der Waals surface area contributed by atoms with Crippen LogP contribution in [0.25, 0.3) is 10.9 Å². The van der Waals surface area contributed by atoms with Crippen molar-refractivity contribution in [3.8, 4) is 11.6 Å². The summed E-state index contributed by atoms with van der Waals surface area (Å²) in [5.41, 5.74) is 2.91. The van der Waals surface area contributed by atoms with Crippen LogP contribution in [0.5, 0.6) is 11.6 Å². The minimum absolute atomic E-state index is 0.0658. The summed E-state index contributed by atoms with van der Waals surface area (Å²) in [5, 5.41) is 10.7. The van der Waals surface area contributed by atoms with Crippen molar-refractivity contribution in [1.82, 2.24) is 9.55 Å². The molecule has 3 aromatic rings. The lowest BCUT2D eigenvalue weighted by molar-refractivity contribution is 0.103. The molecule has 0 fully saturated rings. The summed E-state index contributed by atoms with van der Waals surface area (Å²) >= 11 is 6.57. The van der Waals surface area contributed by atoms with Gasteiger partial charge >= 0.3 is 0 Å². The zero-order valence-corrected chi connectivity index (χ0v) is 17.1. The zero-order valence-electron chi connectivity index (χ0n) is 13.9. The molecule has 130 valence electrons. The number of phenols is 1. The third kappa shape index (κ3) is 2.95. The SMILES string of the molecule is CCc1c(C(=O)c2cc(Br)c(O)c(Br)c2)c2cc(OC)ncc2n1C. The van der Waals surface area contributed by atoms with Crippen LogP contribution in [0.4, 0.5) is 0 Å². The lowest BCUT2D eigenvalue weighted by atomic mass is 9.99. The van der Waals surface area contributed by atoms with Gasteiger partial charge in [0.2, 0.25) is 5.88 Å². The van der Waals surface area contributed by atoms with E-state index in [1.54, 1.807) is 31.5 Å². The number of pyridine rings is 1. The van der Waals surface area contributed by atoms with Crippen LogP contribution in [0, 0.1) is 0 Å². The van der Waals surface area contributed by atoms with Gasteiger partial charge in [-0.25, -0.2) is 4.98 Å². The van der Waals surface area contributed by atoms with E-state index in [9.17, 15) is 9.90 Å². The molecule has 0 bridgehead atoms. The fourth-order valence-electron chi connectivity index (χ4n) is 2.98. The molecule has 2 aromatic heterocycles. The van der Waals surface area contributed by atoms with Gasteiger partial charge in [-0.1, -0.05) is 6.92 Å². The second-order valence-electron chi connectivity index (χ2n) is 5.60. The zero-order chi connectivity index (χ0) is 18.3. The minimum Gasteiger partial charge on any atom is -0.506 e. The Hall–Kier alpha value is -1.86. The van der Waals surface area contributed by atoms with E-state index in [1.165, 1.54) is 0 Å². The highest BCUT2D eigenvalue weighted by Gasteiger charge is 2.23. The molecule has 1 N–H and O–H groups in total. The topological polar surface area (TPSA) is 64.3 Å². The highest BCUT2D eigenvalue weighted by atomic mass is 79.9. The highest BCUT2D eigenvalue weighted by Crippen LogP contribution is 2.36. The highest BCUT2D eigenvalue weighted by molar-refractivity contribution is 9.11. The molecule has 0 spiro atoms. The molecule has 0 aliphatic rings. The molecular formula is C18H16Br2N2O3. The van der Waals surface area contributed by atoms with E-state index in [0.29, 0.717) is 32.4 Å². The summed E-state index contributed by atoms with van der Waals surface area (Å²) in [6.07, 6.45) is 2.42. The van der Waals surface area contributed by atoms with E-state index in [1.807, 2.05) is 18.5 Å². The third-order valence-corrected chi connectivity index (χ3v) is 5.44. The second kappa shape index (κ2) is 6.80. The quantitative estimate of drug-likeness (QED) is 0.569. The van der Waals surface area contributed by atoms with Crippen molar-refractivity contribution in [2.75, 3.05) is 7.11 Å². The first-order valence-corrected chi connectivity index (χ1v) is 9.21. The van der Waals surface area contributed by atoms with Crippen LogP contribution in [0.1, 0.15) is 28.5 Å². The maximum atomic E-state index is 13.3. The number of ether oxygens (including phenoxy) is 1. The van der Waals surface area contributed by atoms with E-state index >= 15 is 0 Å². The van der Waals surface area contributed by atoms with Gasteiger partial charge < -0.3 is 14.4 Å². The molecule has 5 nitrogen and oxygen atoms in total. The Morgan fingerprint density at radius 3 is 2.48 bits per heavy atom. The van der Waals surface area contributed by atoms with Crippen LogP contribution in [0.2, 0.25) is 0 Å². The third-order valence-electron chi connectivity index (χ3n) is 4.23. The van der Waals surface area contributed by atoms with Gasteiger partial charge in [-0.15, -0.1) is 0 Å². The lowest BCUT2D eigenvalue weighted by Gasteiger charge is -2.08. The number of ketones is 1. The van der Waals surface area contributed by atoms with Crippen LogP contribution in [-0.4, -0.2) is 27.6 Å². The first kappa shape index (κ1) is 17.9. The van der Waals surface area contributed by atoms with Gasteiger partial charge in [0.25, 0.3) is 0 Å². The van der Waals surface area contributed by atoms with Gasteiger partial charge in [-0.3, -0.25) is 4.79 Å². The lowest BCUT2D eigenvalue weighted by Crippen LogP contribution is -2.06. The molecule has 0 radical (unpaired) electrons. The number of benzene rings is 1. The molecule has 0 unspecified atom stereocenters. The van der Waals surface area contributed by atoms with Crippen molar-refractivity contribution in [1.29, 1.82) is 0 Å². The average molecular weight is 468 g/mol. The maximum Gasteiger partial charge on any atom is 0.213 e. The molecule has 0 aliphatic heterocycles. The molecule has 25 heavy (non-hydrogen) atoms. The molecule has 0 aliphatic carbocycles. The molecule has 2 heterocycles. The molecular weight excluding hydrogens is 452 g/mol. The molecule has 0 amide bonds. The number of carbonyl (C=O) groups is 1. The number of aromatic hydroxyl groups is 1. The number of hydrogen-bond donors (Lipinski definition) is 1. The summed E-state index contributed by atoms with van der Waals surface area (Å²) in [7, 11) is 3.47. The fourth-order valence-corrected chi connectivity index (χ4v) is 4.17. The van der Waals surface area contributed by atoms with Crippen LogP contribution in [0.3, 0.4) is 0 Å². The predicted octanol–water partition coefficient (Wildman–Crippen LogP) is 4.61. The van der Waals surface area contributed by atoms with E-state index < -0.39 is 0 Å². The van der Waals surface area contributed by atoms with E-state index in [2.05, 4.69) is 36.8 Å². The largest absolute Gasteiger partial charge is 0.506 e. The number of aryl methyl sites for hydroxylation is 1. The number of hydrogen-bond acceptors (Lipinski definition) is 4. The first-order valence-electron chi connectivity index (χ1n) is 7.63. The summed E-state index contributed by atoms with van der Waals surface area (Å²) in [4.78, 5) is 17.5. The van der Waals surface area contributed by atoms with Crippen molar-refractivity contribution in [2.45, 2.75) is 13.3 Å². The molecule has 0 saturated carbocycles. The maximum absolute atomic E-state index is 13.3. The molecule has 1 aromatic carbocycles. The number of carbonyl (C=O) groups excluding carboxylic acids is 1. The van der Waals surface area contributed by atoms with Crippen LogP contribution in [-0.2, 0) is 13.5 Å². The Kier molecular flexibility index (Phi) is 4.88. The van der Waals surface area contributed by atoms with Crippen molar-refractivity contribution in [3.05, 3.63) is 50.2 Å². The van der Waals surface area contributed by atoms with E-state index in [-0.39, 0.29) is 11.5 Å². The number of rotatable bonds is 4. The first-order chi connectivity index (χ1) is 11.9. The van der Waals surface area contributed by atoms with Crippen molar-refractivity contribution >= 4 is 48.5 Å². The Morgan fingerprint density at radius 2 is 1.92 bits per heavy atom. The Morgan fingerprint density at radius 1 is 1.28 bits per heavy atom. The predicted molar refractivity (Wildman–Crippen MR) is 104 cm³/mol. The van der Waals surface area contributed by atoms with Crippen LogP contribution in [0.15, 0.2) is 33.3 Å². The Balaban J connectivity index is 2.28. The average Bonchev–Trinajstić information content (AvgIpc) is 2.89. The number of nitrogens with zero attached hydrogens (tertiary/aromatic N) is 2. The van der Waals surface area contributed by atoms with Gasteiger partial charge in [0.1, 0.15) is 5.75 Å². The minimum atomic E-state index is -0.114. The molecule has 0 saturated heterocycles. The van der Waals surface area contributed by atoms with Gasteiger partial charge in [0.05, 0.1) is 33.3 Å². The van der Waals surface area contributed by atoms with Gasteiger partial charge in [-0.2, -0.15) is 0 Å². The molecule has 0 atom stereocenters. The summed E-state index contributed by atoms with van der Waals surface area (Å²) in [6, 6.07) is 5.03. The van der Waals surface area contributed by atoms with Gasteiger partial charge in [-0.05, 0) is 50.4 Å². The van der Waals surface area contributed by atoms with Crippen molar-refractivity contribution in [3.63, 3.8) is 0 Å². The van der Waals surface area contributed by atoms with E-state index in [4.69, 9.17) is 4.74 Å². The summed E-state index contributed by atoms with van der Waals surface area (Å²) in [6.45, 7) is 2.01. The van der Waals surface area contributed by atoms with Crippen molar-refractivity contribution in [2.24, 2.45) is 7.05 Å². The smallest absolute Gasteiger partial charge is 0.213 e. The number of halogens is 2. The van der Waals surface area contributed by atoms with E-state index in [0.717, 1.165) is 16.6 Å². The van der Waals surface area contributed by atoms with Gasteiger partial charge in [0.15, 0.2) is 5.78 Å². The number of phenolic OH excluding ortho intramolecular Hbond substituents is 1. The standard InChI is InChI=1S/C18H16Br2N2O3/c1-4-13-16(10-7-15(25-3)21-8-14(10)22(13)2)17(23)9-5-11(19)18(24)12(20)6-9/h5-8,24H,4H2,1-3H3. The monoisotopic (exact) mass is 466 g/mol. The number of aromatic nitrogens is 2. The second-order valence-corrected chi connectivity index (χ2v) is 7.30. The summed E-state index contributed by atoms with van der Waals surface area (Å²) in [5.74, 6) is 0.413. The fraction of sp³-hybridized carbons (Fsp3) is 0.222. The number of fused-ring (bicyclic) bond motifs is 1. The normalized spacial score (nSPS) is 11.1. The Labute approximate surface area is 161 Å². The summed E-state index contributed by atoms with van der Waals surface area (Å²) < 4.78 is 8.13. The Bertz CT molecular complexity index is 973.